The number of nitrogens with one attached hydrogen (secondary N) is 3. The fourth-order valence-corrected chi connectivity index (χ4v) is 3.68. The van der Waals surface area contributed by atoms with Gasteiger partial charge in [0.15, 0.2) is 0 Å². The number of fused-ring (bicyclic) bond motifs is 1. The first-order valence-electron chi connectivity index (χ1n) is 11.5. The molecule has 36 heavy (non-hydrogen) atoms. The number of nitrogens with zero attached hydrogens (tertiary/aromatic N) is 1. The van der Waals surface area contributed by atoms with Crippen LogP contribution >= 0.6 is 11.6 Å². The molecule has 0 aliphatic carbocycles. The van der Waals surface area contributed by atoms with Gasteiger partial charge in [0, 0.05) is 21.8 Å². The smallest absolute Gasteiger partial charge is 0.328 e. The van der Waals surface area contributed by atoms with Crippen molar-refractivity contribution in [2.45, 2.75) is 19.8 Å². The van der Waals surface area contributed by atoms with Crippen LogP contribution in [0.15, 0.2) is 78.9 Å². The Morgan fingerprint density at radius 1 is 0.861 bits per heavy atom. The Hall–Kier alpha value is -4.30. The molecule has 8 nitrogen and oxygen atoms in total. The van der Waals surface area contributed by atoms with Gasteiger partial charge in [-0.1, -0.05) is 43.1 Å². The molecule has 9 heteroatoms. The molecule has 4 aromatic rings. The topological polar surface area (TPSA) is 101 Å². The molecule has 3 aromatic carbocycles. The highest BCUT2D eigenvalue weighted by Gasteiger charge is 2.21. The van der Waals surface area contributed by atoms with E-state index in [1.165, 1.54) is 4.68 Å². The second kappa shape index (κ2) is 11.4. The predicted molar refractivity (Wildman–Crippen MR) is 141 cm³/mol. The Balaban J connectivity index is 1.51. The van der Waals surface area contributed by atoms with E-state index < -0.39 is 17.7 Å². The second-order valence-corrected chi connectivity index (χ2v) is 8.45. The van der Waals surface area contributed by atoms with E-state index in [1.807, 2.05) is 6.07 Å². The van der Waals surface area contributed by atoms with E-state index in [9.17, 15) is 14.4 Å². The van der Waals surface area contributed by atoms with Gasteiger partial charge in [0.25, 0.3) is 5.91 Å². The van der Waals surface area contributed by atoms with Gasteiger partial charge in [-0.25, -0.2) is 4.68 Å². The maximum atomic E-state index is 13.0. The number of unbranched alkanes of at least 4 members (excludes halogenated alkanes) is 1. The highest BCUT2D eigenvalue weighted by Crippen LogP contribution is 2.24. The van der Waals surface area contributed by atoms with Crippen molar-refractivity contribution in [2.24, 2.45) is 0 Å². The molecule has 0 aliphatic heterocycles. The van der Waals surface area contributed by atoms with E-state index in [1.54, 1.807) is 72.8 Å². The number of carbonyl (C=O) groups excluding carboxylic acids is 3. The van der Waals surface area contributed by atoms with Crippen LogP contribution in [0.5, 0.6) is 5.75 Å². The summed E-state index contributed by atoms with van der Waals surface area (Å²) in [6, 6.07) is 22.2. The fraction of sp³-hybridized carbons (Fsp3) is 0.148. The van der Waals surface area contributed by atoms with E-state index in [0.717, 1.165) is 12.8 Å². The lowest BCUT2D eigenvalue weighted by Crippen LogP contribution is -2.36. The number of aromatic nitrogens is 1. The summed E-state index contributed by atoms with van der Waals surface area (Å²) in [6.45, 7) is 2.69. The van der Waals surface area contributed by atoms with Gasteiger partial charge in [-0.05, 0) is 67.1 Å². The van der Waals surface area contributed by atoms with Crippen LogP contribution in [-0.2, 0) is 9.59 Å². The van der Waals surface area contributed by atoms with Gasteiger partial charge >= 0.3 is 11.8 Å². The first-order valence-corrected chi connectivity index (χ1v) is 11.8. The standard InChI is InChI=1S/C27H25ClN4O4/c1-2-3-15-36-22-12-10-21(11-13-22)30-26(34)27(35)31-32-23-14-9-19(28)16-18(23)17-24(32)25(33)29-20-7-5-4-6-8-20/h4-14,16-17H,2-3,15H2,1H3,(H,29,33)(H,30,34)(H,31,35). The van der Waals surface area contributed by atoms with Crippen LogP contribution < -0.4 is 20.8 Å². The van der Waals surface area contributed by atoms with Crippen molar-refractivity contribution in [2.75, 3.05) is 22.7 Å². The lowest BCUT2D eigenvalue weighted by Gasteiger charge is -2.13. The number of para-hydroxylation sites is 1. The molecule has 4 rings (SSSR count). The number of hydrogen-bond donors (Lipinski definition) is 3. The van der Waals surface area contributed by atoms with Gasteiger partial charge in [-0.3, -0.25) is 19.8 Å². The van der Waals surface area contributed by atoms with Crippen molar-refractivity contribution in [1.29, 1.82) is 0 Å². The Morgan fingerprint density at radius 2 is 1.58 bits per heavy atom. The highest BCUT2D eigenvalue weighted by atomic mass is 35.5. The van der Waals surface area contributed by atoms with Crippen LogP contribution in [0.25, 0.3) is 10.9 Å². The lowest BCUT2D eigenvalue weighted by atomic mass is 10.2. The number of amides is 3. The molecule has 1 aromatic heterocycles. The van der Waals surface area contributed by atoms with Crippen molar-refractivity contribution in [3.05, 3.63) is 89.6 Å². The molecule has 1 heterocycles. The number of anilines is 2. The number of ether oxygens (including phenoxy) is 1. The molecule has 0 atom stereocenters. The van der Waals surface area contributed by atoms with Crippen LogP contribution in [-0.4, -0.2) is 29.0 Å². The minimum atomic E-state index is -0.945. The molecule has 0 bridgehead atoms. The summed E-state index contributed by atoms with van der Waals surface area (Å²) in [5, 5.41) is 6.43. The fourth-order valence-electron chi connectivity index (χ4n) is 3.50. The average Bonchev–Trinajstić information content (AvgIpc) is 3.23. The van der Waals surface area contributed by atoms with Crippen LogP contribution in [0, 0.1) is 0 Å². The summed E-state index contributed by atoms with van der Waals surface area (Å²) in [4.78, 5) is 38.4. The predicted octanol–water partition coefficient (Wildman–Crippen LogP) is 5.43. The molecular formula is C27H25ClN4O4. The van der Waals surface area contributed by atoms with E-state index >= 15 is 0 Å². The van der Waals surface area contributed by atoms with Crippen molar-refractivity contribution < 1.29 is 19.1 Å². The molecule has 3 amide bonds. The third-order valence-electron chi connectivity index (χ3n) is 5.33. The first kappa shape index (κ1) is 24.8. The molecule has 0 fully saturated rings. The molecule has 0 spiro atoms. The zero-order valence-corrected chi connectivity index (χ0v) is 20.3. The first-order chi connectivity index (χ1) is 17.4. The van der Waals surface area contributed by atoms with Gasteiger partial charge in [0.1, 0.15) is 11.4 Å². The van der Waals surface area contributed by atoms with Gasteiger partial charge in [0.05, 0.1) is 12.1 Å². The second-order valence-electron chi connectivity index (χ2n) is 8.01. The molecule has 0 radical (unpaired) electrons. The number of rotatable bonds is 8. The molecule has 0 aliphatic rings. The summed E-state index contributed by atoms with van der Waals surface area (Å²) < 4.78 is 6.88. The number of benzene rings is 3. The summed E-state index contributed by atoms with van der Waals surface area (Å²) in [7, 11) is 0. The quantitative estimate of drug-likeness (QED) is 0.220. The lowest BCUT2D eigenvalue weighted by molar-refractivity contribution is -0.133. The third-order valence-corrected chi connectivity index (χ3v) is 5.56. The Labute approximate surface area is 213 Å². The SMILES string of the molecule is CCCCOc1ccc(NC(=O)C(=O)Nn2c(C(=O)Nc3ccccc3)cc3cc(Cl)ccc32)cc1. The zero-order chi connectivity index (χ0) is 25.5. The minimum Gasteiger partial charge on any atom is -0.494 e. The highest BCUT2D eigenvalue weighted by molar-refractivity contribution is 6.42. The van der Waals surface area contributed by atoms with Crippen molar-refractivity contribution in [3.8, 4) is 5.75 Å². The minimum absolute atomic E-state index is 0.130. The number of hydrogen-bond acceptors (Lipinski definition) is 4. The Kier molecular flexibility index (Phi) is 7.87. The summed E-state index contributed by atoms with van der Waals surface area (Å²) in [5.74, 6) is -1.62. The molecule has 0 saturated heterocycles. The summed E-state index contributed by atoms with van der Waals surface area (Å²) in [6.07, 6.45) is 1.98. The van der Waals surface area contributed by atoms with E-state index in [4.69, 9.17) is 16.3 Å². The largest absolute Gasteiger partial charge is 0.494 e. The normalized spacial score (nSPS) is 10.6. The van der Waals surface area contributed by atoms with Gasteiger partial charge in [-0.2, -0.15) is 0 Å². The van der Waals surface area contributed by atoms with E-state index in [0.29, 0.717) is 39.7 Å². The van der Waals surface area contributed by atoms with Crippen molar-refractivity contribution in [1.82, 2.24) is 4.68 Å². The van der Waals surface area contributed by atoms with Crippen LogP contribution in [0.4, 0.5) is 11.4 Å². The number of carbonyl (C=O) groups is 3. The van der Waals surface area contributed by atoms with Gasteiger partial charge in [-0.15, -0.1) is 0 Å². The Bertz CT molecular complexity index is 1380. The van der Waals surface area contributed by atoms with Crippen LogP contribution in [0.1, 0.15) is 30.3 Å². The van der Waals surface area contributed by atoms with Gasteiger partial charge in [0.2, 0.25) is 0 Å². The Morgan fingerprint density at radius 3 is 2.31 bits per heavy atom. The monoisotopic (exact) mass is 504 g/mol. The molecule has 3 N–H and O–H groups in total. The van der Waals surface area contributed by atoms with Crippen LogP contribution in [0.3, 0.4) is 0 Å². The zero-order valence-electron chi connectivity index (χ0n) is 19.6. The molecule has 184 valence electrons. The summed E-state index contributed by atoms with van der Waals surface area (Å²) >= 11 is 6.11. The summed E-state index contributed by atoms with van der Waals surface area (Å²) in [5.41, 5.74) is 4.18. The van der Waals surface area contributed by atoms with E-state index in [2.05, 4.69) is 23.0 Å². The van der Waals surface area contributed by atoms with Crippen molar-refractivity contribution in [3.63, 3.8) is 0 Å². The average molecular weight is 505 g/mol. The molecule has 0 saturated carbocycles. The van der Waals surface area contributed by atoms with E-state index in [-0.39, 0.29) is 5.69 Å². The molecular weight excluding hydrogens is 480 g/mol. The number of halogens is 1. The van der Waals surface area contributed by atoms with Crippen molar-refractivity contribution >= 4 is 51.6 Å². The maximum absolute atomic E-state index is 13.0. The third kappa shape index (κ3) is 6.03. The van der Waals surface area contributed by atoms with Crippen LogP contribution in [0.2, 0.25) is 5.02 Å². The molecule has 0 unspecified atom stereocenters. The van der Waals surface area contributed by atoms with Gasteiger partial charge < -0.3 is 15.4 Å². The maximum Gasteiger partial charge on any atom is 0.328 e.